The first-order valence-electron chi connectivity index (χ1n) is 8.12. The van der Waals surface area contributed by atoms with E-state index in [9.17, 15) is 4.79 Å². The third kappa shape index (κ3) is 3.25. The molecule has 1 aromatic heterocycles. The van der Waals surface area contributed by atoms with Crippen LogP contribution < -0.4 is 16.0 Å². The van der Waals surface area contributed by atoms with Crippen molar-refractivity contribution in [3.63, 3.8) is 0 Å². The number of methoxy groups -OCH3 is 1. The second-order valence-electron chi connectivity index (χ2n) is 6.23. The van der Waals surface area contributed by atoms with Crippen LogP contribution in [0.2, 0.25) is 0 Å². The number of aromatic nitrogens is 2. The third-order valence-corrected chi connectivity index (χ3v) is 4.49. The van der Waals surface area contributed by atoms with Gasteiger partial charge in [-0.05, 0) is 31.8 Å². The molecule has 1 aliphatic carbocycles. The van der Waals surface area contributed by atoms with E-state index in [4.69, 9.17) is 9.72 Å². The van der Waals surface area contributed by atoms with Crippen LogP contribution in [0.25, 0.3) is 12.2 Å². The summed E-state index contributed by atoms with van der Waals surface area (Å²) in [5, 5.41) is 4.99. The van der Waals surface area contributed by atoms with Crippen molar-refractivity contribution in [2.75, 3.05) is 20.2 Å². The van der Waals surface area contributed by atoms with Gasteiger partial charge in [0.15, 0.2) is 5.88 Å². The highest BCUT2D eigenvalue weighted by Gasteiger charge is 2.31. The number of rotatable bonds is 5. The van der Waals surface area contributed by atoms with Crippen LogP contribution in [-0.2, 0) is 9.53 Å². The number of imidazole rings is 1. The van der Waals surface area contributed by atoms with Crippen molar-refractivity contribution in [1.82, 2.24) is 20.2 Å². The number of H-pyrrole nitrogens is 1. The molecule has 1 aliphatic heterocycles. The number of nitrogens with one attached hydrogen (secondary N) is 2. The molecule has 6 nitrogen and oxygen atoms in total. The number of hydrogen-bond donors (Lipinski definition) is 2. The van der Waals surface area contributed by atoms with Gasteiger partial charge < -0.3 is 19.9 Å². The summed E-state index contributed by atoms with van der Waals surface area (Å²) in [5.74, 6) is 1.86. The van der Waals surface area contributed by atoms with Crippen molar-refractivity contribution >= 4 is 18.1 Å². The largest absolute Gasteiger partial charge is 0.483 e. The number of carbonyl (C=O) groups is 1. The molecule has 23 heavy (non-hydrogen) atoms. The first kappa shape index (κ1) is 15.6. The van der Waals surface area contributed by atoms with Crippen molar-refractivity contribution in [2.45, 2.75) is 32.2 Å². The molecule has 0 bridgehead atoms. The molecule has 0 unspecified atom stereocenters. The molecule has 1 amide bonds. The standard InChI is InChI=1S/C17H24N4O2/c1-11-6-7-13-14(9-11)20-17(19-13)15-5-4-8-21(15)16(22)10-18-12(2)23-3/h7,9,11,15,18H,2,4-6,8,10H2,1,3H3,(H,19,20)/t11-,15-/m0/s1. The van der Waals surface area contributed by atoms with E-state index in [0.717, 1.165) is 42.3 Å². The van der Waals surface area contributed by atoms with Gasteiger partial charge >= 0.3 is 0 Å². The molecule has 2 N–H and O–H groups in total. The topological polar surface area (TPSA) is 70.2 Å². The first-order valence-corrected chi connectivity index (χ1v) is 8.12. The van der Waals surface area contributed by atoms with Crippen LogP contribution in [0.4, 0.5) is 0 Å². The van der Waals surface area contributed by atoms with Crippen LogP contribution in [0.15, 0.2) is 12.5 Å². The second-order valence-corrected chi connectivity index (χ2v) is 6.23. The van der Waals surface area contributed by atoms with Crippen molar-refractivity contribution in [2.24, 2.45) is 5.92 Å². The summed E-state index contributed by atoms with van der Waals surface area (Å²) < 4.78 is 4.94. The van der Waals surface area contributed by atoms with Gasteiger partial charge in [0.2, 0.25) is 5.91 Å². The van der Waals surface area contributed by atoms with Gasteiger partial charge in [-0.2, -0.15) is 0 Å². The van der Waals surface area contributed by atoms with Crippen LogP contribution in [-0.4, -0.2) is 41.0 Å². The highest BCUT2D eigenvalue weighted by Crippen LogP contribution is 2.29. The van der Waals surface area contributed by atoms with Crippen LogP contribution in [0, 0.1) is 5.92 Å². The molecule has 0 spiro atoms. The minimum Gasteiger partial charge on any atom is -0.483 e. The molecule has 1 aromatic rings. The van der Waals surface area contributed by atoms with Crippen molar-refractivity contribution < 1.29 is 9.53 Å². The lowest BCUT2D eigenvalue weighted by molar-refractivity contribution is -0.131. The maximum Gasteiger partial charge on any atom is 0.242 e. The molecule has 2 atom stereocenters. The molecule has 0 radical (unpaired) electrons. The fraction of sp³-hybridized carbons (Fsp3) is 0.529. The maximum atomic E-state index is 12.5. The normalized spacial score (nSPS) is 22.8. The average molecular weight is 316 g/mol. The van der Waals surface area contributed by atoms with Gasteiger partial charge in [-0.3, -0.25) is 4.79 Å². The molecule has 6 heteroatoms. The summed E-state index contributed by atoms with van der Waals surface area (Å²) >= 11 is 0. The number of ether oxygens (including phenoxy) is 1. The van der Waals surface area contributed by atoms with Crippen LogP contribution >= 0.6 is 0 Å². The average Bonchev–Trinajstić information content (AvgIpc) is 3.17. The fourth-order valence-corrected chi connectivity index (χ4v) is 3.20. The molecule has 0 saturated carbocycles. The molecule has 2 aliphatic rings. The van der Waals surface area contributed by atoms with Gasteiger partial charge in [0, 0.05) is 6.54 Å². The first-order chi connectivity index (χ1) is 11.1. The number of nitrogens with zero attached hydrogens (tertiary/aromatic N) is 2. The van der Waals surface area contributed by atoms with E-state index >= 15 is 0 Å². The molecule has 124 valence electrons. The zero-order valence-corrected chi connectivity index (χ0v) is 13.8. The Kier molecular flexibility index (Phi) is 4.41. The van der Waals surface area contributed by atoms with Gasteiger partial charge in [-0.15, -0.1) is 0 Å². The van der Waals surface area contributed by atoms with Gasteiger partial charge in [-0.1, -0.05) is 19.1 Å². The number of likely N-dealkylation sites (tertiary alicyclic amines) is 1. The second kappa shape index (κ2) is 6.48. The monoisotopic (exact) mass is 316 g/mol. The summed E-state index contributed by atoms with van der Waals surface area (Å²) in [5.41, 5.74) is 0. The Hall–Kier alpha value is -2.24. The zero-order valence-electron chi connectivity index (χ0n) is 13.8. The van der Waals surface area contributed by atoms with Crippen molar-refractivity contribution in [3.05, 3.63) is 29.0 Å². The van der Waals surface area contributed by atoms with Crippen molar-refractivity contribution in [1.29, 1.82) is 0 Å². The van der Waals surface area contributed by atoms with E-state index < -0.39 is 0 Å². The Balaban J connectivity index is 1.76. The predicted octanol–water partition coefficient (Wildman–Crippen LogP) is 0.381. The number of fused-ring (bicyclic) bond motifs is 1. The molecular weight excluding hydrogens is 292 g/mol. The smallest absolute Gasteiger partial charge is 0.242 e. The fourth-order valence-electron chi connectivity index (χ4n) is 3.20. The number of hydrogen-bond acceptors (Lipinski definition) is 4. The SMILES string of the molecule is C=C(NCC(=O)N1CCC[C@H]1c1nc2c([nH]1)=CC[C@H](C)C=2)OC. The third-order valence-electron chi connectivity index (χ3n) is 4.49. The molecule has 0 aromatic carbocycles. The van der Waals surface area contributed by atoms with E-state index in [-0.39, 0.29) is 18.5 Å². The maximum absolute atomic E-state index is 12.5. The summed E-state index contributed by atoms with van der Waals surface area (Å²) in [4.78, 5) is 22.5. The van der Waals surface area contributed by atoms with Crippen LogP contribution in [0.5, 0.6) is 0 Å². The predicted molar refractivity (Wildman–Crippen MR) is 88.4 cm³/mol. The Morgan fingerprint density at radius 3 is 3.22 bits per heavy atom. The van der Waals surface area contributed by atoms with E-state index in [0.29, 0.717) is 11.8 Å². The highest BCUT2D eigenvalue weighted by molar-refractivity contribution is 5.79. The zero-order chi connectivity index (χ0) is 16.4. The van der Waals surface area contributed by atoms with E-state index in [1.54, 1.807) is 0 Å². The lowest BCUT2D eigenvalue weighted by atomic mass is 10.0. The molecule has 1 fully saturated rings. The number of aromatic amines is 1. The summed E-state index contributed by atoms with van der Waals surface area (Å²) in [7, 11) is 1.53. The Morgan fingerprint density at radius 2 is 2.43 bits per heavy atom. The number of carbonyl (C=O) groups excluding carboxylic acids is 1. The van der Waals surface area contributed by atoms with Crippen molar-refractivity contribution in [3.8, 4) is 0 Å². The van der Waals surface area contributed by atoms with Crippen LogP contribution in [0.1, 0.15) is 38.1 Å². The Bertz CT molecular complexity index is 721. The number of amides is 1. The molecule has 2 heterocycles. The summed E-state index contributed by atoms with van der Waals surface area (Å²) in [6.45, 7) is 6.81. The Morgan fingerprint density at radius 1 is 1.61 bits per heavy atom. The lowest BCUT2D eigenvalue weighted by Gasteiger charge is -2.23. The minimum atomic E-state index is 0.0304. The van der Waals surface area contributed by atoms with E-state index in [2.05, 4.69) is 36.0 Å². The summed E-state index contributed by atoms with van der Waals surface area (Å²) in [6.07, 6.45) is 7.36. The van der Waals surface area contributed by atoms with Gasteiger partial charge in [0.1, 0.15) is 5.82 Å². The van der Waals surface area contributed by atoms with Crippen LogP contribution in [0.3, 0.4) is 0 Å². The highest BCUT2D eigenvalue weighted by atomic mass is 16.5. The minimum absolute atomic E-state index is 0.0304. The lowest BCUT2D eigenvalue weighted by Crippen LogP contribution is -2.38. The quantitative estimate of drug-likeness (QED) is 0.771. The van der Waals surface area contributed by atoms with E-state index in [1.165, 1.54) is 7.11 Å². The summed E-state index contributed by atoms with van der Waals surface area (Å²) in [6, 6.07) is 0.0304. The molecule has 1 saturated heterocycles. The van der Waals surface area contributed by atoms with Gasteiger partial charge in [0.25, 0.3) is 0 Å². The van der Waals surface area contributed by atoms with Gasteiger partial charge in [0.05, 0.1) is 30.4 Å². The molecular formula is C17H24N4O2. The Labute approximate surface area is 135 Å². The molecule has 3 rings (SSSR count). The van der Waals surface area contributed by atoms with E-state index in [1.807, 2.05) is 4.90 Å². The van der Waals surface area contributed by atoms with Gasteiger partial charge in [-0.25, -0.2) is 4.98 Å².